The highest BCUT2D eigenvalue weighted by Gasteiger charge is 2.26. The van der Waals surface area contributed by atoms with Crippen molar-refractivity contribution in [3.63, 3.8) is 0 Å². The van der Waals surface area contributed by atoms with Gasteiger partial charge >= 0.3 is 0 Å². The lowest BCUT2D eigenvalue weighted by Gasteiger charge is -2.23. The van der Waals surface area contributed by atoms with Gasteiger partial charge in [-0.3, -0.25) is 0 Å². The number of anilines is 1. The second-order valence-electron chi connectivity index (χ2n) is 6.52. The zero-order valence-electron chi connectivity index (χ0n) is 12.2. The molecular formula is C17H26N2. The van der Waals surface area contributed by atoms with E-state index in [9.17, 15) is 0 Å². The number of nitrogens with one attached hydrogen (secondary N) is 1. The standard InChI is InChI=1S/C17H26N2/c1-13(2)15-9-10-19(12-15)17-6-4-3-5-14(17)11-18-16-7-8-16/h3-6,13,15-16,18H,7-12H2,1-2H3. The van der Waals surface area contributed by atoms with Gasteiger partial charge in [0.05, 0.1) is 0 Å². The third kappa shape index (κ3) is 3.11. The highest BCUT2D eigenvalue weighted by Crippen LogP contribution is 2.30. The van der Waals surface area contributed by atoms with Gasteiger partial charge in [0.15, 0.2) is 0 Å². The first-order chi connectivity index (χ1) is 9.24. The molecule has 2 nitrogen and oxygen atoms in total. The maximum absolute atomic E-state index is 3.64. The van der Waals surface area contributed by atoms with Gasteiger partial charge in [-0.25, -0.2) is 0 Å². The van der Waals surface area contributed by atoms with Gasteiger partial charge in [0.25, 0.3) is 0 Å². The van der Waals surface area contributed by atoms with Crippen molar-refractivity contribution in [2.75, 3.05) is 18.0 Å². The lowest BCUT2D eigenvalue weighted by molar-refractivity contribution is 0.422. The Kier molecular flexibility index (Phi) is 3.79. The van der Waals surface area contributed by atoms with Crippen molar-refractivity contribution in [3.8, 4) is 0 Å². The third-order valence-corrected chi connectivity index (χ3v) is 4.66. The highest BCUT2D eigenvalue weighted by molar-refractivity contribution is 5.54. The van der Waals surface area contributed by atoms with Crippen molar-refractivity contribution in [2.24, 2.45) is 11.8 Å². The second-order valence-corrected chi connectivity index (χ2v) is 6.52. The molecule has 1 aromatic rings. The molecular weight excluding hydrogens is 232 g/mol. The molecule has 1 heterocycles. The lowest BCUT2D eigenvalue weighted by Crippen LogP contribution is -2.24. The minimum atomic E-state index is 0.787. The molecule has 104 valence electrons. The maximum Gasteiger partial charge on any atom is 0.0411 e. The van der Waals surface area contributed by atoms with Crippen LogP contribution in [0.15, 0.2) is 24.3 Å². The van der Waals surface area contributed by atoms with E-state index in [4.69, 9.17) is 0 Å². The Hall–Kier alpha value is -1.02. The van der Waals surface area contributed by atoms with Crippen LogP contribution >= 0.6 is 0 Å². The van der Waals surface area contributed by atoms with Crippen LogP contribution in [0.25, 0.3) is 0 Å². The van der Waals surface area contributed by atoms with Crippen LogP contribution in [0.4, 0.5) is 5.69 Å². The molecule has 1 saturated carbocycles. The fraction of sp³-hybridized carbons (Fsp3) is 0.647. The molecule has 2 heteroatoms. The molecule has 1 N–H and O–H groups in total. The number of hydrogen-bond donors (Lipinski definition) is 1. The Morgan fingerprint density at radius 1 is 1.21 bits per heavy atom. The first-order valence-electron chi connectivity index (χ1n) is 7.80. The summed E-state index contributed by atoms with van der Waals surface area (Å²) < 4.78 is 0. The van der Waals surface area contributed by atoms with Gasteiger partial charge < -0.3 is 10.2 Å². The Bertz CT molecular complexity index is 423. The van der Waals surface area contributed by atoms with Crippen molar-refractivity contribution in [2.45, 2.75) is 45.7 Å². The third-order valence-electron chi connectivity index (χ3n) is 4.66. The van der Waals surface area contributed by atoms with Gasteiger partial charge in [0.2, 0.25) is 0 Å². The molecule has 1 saturated heterocycles. The van der Waals surface area contributed by atoms with E-state index in [1.165, 1.54) is 43.6 Å². The van der Waals surface area contributed by atoms with E-state index < -0.39 is 0 Å². The van der Waals surface area contributed by atoms with Crippen LogP contribution in [0.1, 0.15) is 38.7 Å². The summed E-state index contributed by atoms with van der Waals surface area (Å²) in [4.78, 5) is 2.59. The largest absolute Gasteiger partial charge is 0.371 e. The molecule has 1 aliphatic carbocycles. The number of benzene rings is 1. The summed E-state index contributed by atoms with van der Waals surface area (Å²) in [6.45, 7) is 8.20. The first kappa shape index (κ1) is 13.0. The topological polar surface area (TPSA) is 15.3 Å². The Morgan fingerprint density at radius 2 is 2.00 bits per heavy atom. The van der Waals surface area contributed by atoms with E-state index in [0.717, 1.165) is 24.4 Å². The fourth-order valence-electron chi connectivity index (χ4n) is 3.06. The van der Waals surface area contributed by atoms with Crippen molar-refractivity contribution >= 4 is 5.69 Å². The summed E-state index contributed by atoms with van der Waals surface area (Å²) in [6.07, 6.45) is 4.07. The molecule has 0 spiro atoms. The fourth-order valence-corrected chi connectivity index (χ4v) is 3.06. The Balaban J connectivity index is 1.69. The molecule has 3 rings (SSSR count). The van der Waals surface area contributed by atoms with Gasteiger partial charge in [-0.15, -0.1) is 0 Å². The van der Waals surface area contributed by atoms with Crippen molar-refractivity contribution in [3.05, 3.63) is 29.8 Å². The zero-order valence-corrected chi connectivity index (χ0v) is 12.2. The van der Waals surface area contributed by atoms with E-state index in [2.05, 4.69) is 48.3 Å². The van der Waals surface area contributed by atoms with Crippen LogP contribution in [0.2, 0.25) is 0 Å². The molecule has 2 aliphatic rings. The van der Waals surface area contributed by atoms with Crippen LogP contribution in [0.5, 0.6) is 0 Å². The maximum atomic E-state index is 3.64. The van der Waals surface area contributed by atoms with Gasteiger partial charge in [-0.2, -0.15) is 0 Å². The van der Waals surface area contributed by atoms with E-state index >= 15 is 0 Å². The predicted octanol–water partition coefficient (Wildman–Crippen LogP) is 3.42. The summed E-state index contributed by atoms with van der Waals surface area (Å²) in [5, 5.41) is 3.64. The molecule has 1 aliphatic heterocycles. The summed E-state index contributed by atoms with van der Waals surface area (Å²) >= 11 is 0. The molecule has 19 heavy (non-hydrogen) atoms. The molecule has 1 atom stereocenters. The number of rotatable bonds is 5. The van der Waals surface area contributed by atoms with Gasteiger partial charge in [0.1, 0.15) is 0 Å². The minimum absolute atomic E-state index is 0.787. The average Bonchev–Trinajstić information content (AvgIpc) is 3.11. The SMILES string of the molecule is CC(C)C1CCN(c2ccccc2CNC2CC2)C1. The van der Waals surface area contributed by atoms with E-state index in [-0.39, 0.29) is 0 Å². The zero-order chi connectivity index (χ0) is 13.2. The lowest BCUT2D eigenvalue weighted by atomic mass is 9.95. The monoisotopic (exact) mass is 258 g/mol. The van der Waals surface area contributed by atoms with Crippen LogP contribution in [0.3, 0.4) is 0 Å². The molecule has 0 bridgehead atoms. The molecule has 1 aromatic carbocycles. The van der Waals surface area contributed by atoms with Crippen LogP contribution in [-0.4, -0.2) is 19.1 Å². The minimum Gasteiger partial charge on any atom is -0.371 e. The van der Waals surface area contributed by atoms with Gasteiger partial charge in [0, 0.05) is 31.4 Å². The van der Waals surface area contributed by atoms with Crippen molar-refractivity contribution in [1.29, 1.82) is 0 Å². The molecule has 0 radical (unpaired) electrons. The van der Waals surface area contributed by atoms with Gasteiger partial charge in [-0.1, -0.05) is 32.0 Å². The van der Waals surface area contributed by atoms with Crippen LogP contribution in [0, 0.1) is 11.8 Å². The normalized spacial score (nSPS) is 23.3. The van der Waals surface area contributed by atoms with Crippen molar-refractivity contribution < 1.29 is 0 Å². The van der Waals surface area contributed by atoms with Crippen molar-refractivity contribution in [1.82, 2.24) is 5.32 Å². The number of para-hydroxylation sites is 1. The second kappa shape index (κ2) is 5.54. The van der Waals surface area contributed by atoms with E-state index in [0.29, 0.717) is 0 Å². The first-order valence-corrected chi connectivity index (χ1v) is 7.80. The smallest absolute Gasteiger partial charge is 0.0411 e. The molecule has 2 fully saturated rings. The Morgan fingerprint density at radius 3 is 2.68 bits per heavy atom. The van der Waals surface area contributed by atoms with Crippen LogP contribution in [-0.2, 0) is 6.54 Å². The van der Waals surface area contributed by atoms with E-state index in [1.807, 2.05) is 0 Å². The molecule has 1 unspecified atom stereocenters. The number of hydrogen-bond acceptors (Lipinski definition) is 2. The summed E-state index contributed by atoms with van der Waals surface area (Å²) in [5.41, 5.74) is 2.93. The van der Waals surface area contributed by atoms with Gasteiger partial charge in [-0.05, 0) is 42.7 Å². The summed E-state index contributed by atoms with van der Waals surface area (Å²) in [5.74, 6) is 1.67. The van der Waals surface area contributed by atoms with Crippen LogP contribution < -0.4 is 10.2 Å². The average molecular weight is 258 g/mol. The molecule has 0 amide bonds. The highest BCUT2D eigenvalue weighted by atomic mass is 15.2. The molecule has 0 aromatic heterocycles. The Labute approximate surface area is 117 Å². The quantitative estimate of drug-likeness (QED) is 0.870. The predicted molar refractivity (Wildman–Crippen MR) is 81.5 cm³/mol. The summed E-state index contributed by atoms with van der Waals surface area (Å²) in [7, 11) is 0. The summed E-state index contributed by atoms with van der Waals surface area (Å²) in [6, 6.07) is 9.72. The van der Waals surface area contributed by atoms with E-state index in [1.54, 1.807) is 0 Å². The number of nitrogens with zero attached hydrogens (tertiary/aromatic N) is 1.